The summed E-state index contributed by atoms with van der Waals surface area (Å²) >= 11 is 11.8. The summed E-state index contributed by atoms with van der Waals surface area (Å²) < 4.78 is 4.96. The molecular formula is C15H15Cl2N3O2. The maximum absolute atomic E-state index is 12.2. The lowest BCUT2D eigenvalue weighted by Gasteiger charge is -2.08. The van der Waals surface area contributed by atoms with Gasteiger partial charge in [0.1, 0.15) is 5.69 Å². The molecule has 2 aromatic rings. The first-order chi connectivity index (χ1) is 10.6. The van der Waals surface area contributed by atoms with Gasteiger partial charge in [0.25, 0.3) is 5.91 Å². The first-order valence-electron chi connectivity index (χ1n) is 6.55. The van der Waals surface area contributed by atoms with Gasteiger partial charge in [-0.25, -0.2) is 0 Å². The fourth-order valence-corrected chi connectivity index (χ4v) is 2.03. The Morgan fingerprint density at radius 1 is 1.18 bits per heavy atom. The third-order valence-corrected chi connectivity index (χ3v) is 3.54. The maximum atomic E-state index is 12.2. The van der Waals surface area contributed by atoms with Crippen molar-refractivity contribution in [2.45, 2.75) is 0 Å². The Bertz CT molecular complexity index is 665. The summed E-state index contributed by atoms with van der Waals surface area (Å²) in [5.41, 5.74) is 1.65. The van der Waals surface area contributed by atoms with Crippen LogP contribution in [0.25, 0.3) is 0 Å². The molecule has 0 radical (unpaired) electrons. The maximum Gasteiger partial charge on any atom is 0.274 e. The number of carbonyl (C=O) groups excluding carboxylic acids is 1. The number of ether oxygens (including phenoxy) is 1. The molecule has 0 atom stereocenters. The number of aromatic nitrogens is 1. The molecule has 0 bridgehead atoms. The van der Waals surface area contributed by atoms with Crippen molar-refractivity contribution in [1.29, 1.82) is 0 Å². The number of hydrogen-bond acceptors (Lipinski definition) is 4. The first kappa shape index (κ1) is 16.5. The molecule has 0 fully saturated rings. The van der Waals surface area contributed by atoms with Crippen molar-refractivity contribution in [2.75, 3.05) is 30.9 Å². The Hall–Kier alpha value is -1.82. The second-order valence-electron chi connectivity index (χ2n) is 4.43. The van der Waals surface area contributed by atoms with Crippen molar-refractivity contribution in [3.63, 3.8) is 0 Å². The fourth-order valence-electron chi connectivity index (χ4n) is 1.73. The summed E-state index contributed by atoms with van der Waals surface area (Å²) in [5.74, 6) is -0.325. The van der Waals surface area contributed by atoms with Crippen LogP contribution in [0.3, 0.4) is 0 Å². The summed E-state index contributed by atoms with van der Waals surface area (Å²) in [6, 6.07) is 8.33. The van der Waals surface area contributed by atoms with E-state index in [0.29, 0.717) is 34.6 Å². The molecule has 0 saturated carbocycles. The Labute approximate surface area is 138 Å². The molecule has 0 aliphatic rings. The number of methoxy groups -OCH3 is 1. The summed E-state index contributed by atoms with van der Waals surface area (Å²) in [4.78, 5) is 16.3. The van der Waals surface area contributed by atoms with E-state index >= 15 is 0 Å². The van der Waals surface area contributed by atoms with Crippen LogP contribution in [0.2, 0.25) is 10.0 Å². The van der Waals surface area contributed by atoms with Crippen LogP contribution in [-0.4, -0.2) is 31.2 Å². The van der Waals surface area contributed by atoms with Crippen LogP contribution in [0, 0.1) is 0 Å². The molecule has 0 aliphatic heterocycles. The molecule has 1 aromatic carbocycles. The molecule has 0 spiro atoms. The van der Waals surface area contributed by atoms with Gasteiger partial charge in [0, 0.05) is 31.2 Å². The predicted molar refractivity (Wildman–Crippen MR) is 89.0 cm³/mol. The topological polar surface area (TPSA) is 63.2 Å². The molecule has 7 heteroatoms. The van der Waals surface area contributed by atoms with Crippen molar-refractivity contribution in [1.82, 2.24) is 4.98 Å². The van der Waals surface area contributed by atoms with Crippen molar-refractivity contribution in [3.8, 4) is 0 Å². The van der Waals surface area contributed by atoms with E-state index in [1.807, 2.05) is 0 Å². The third-order valence-electron chi connectivity index (χ3n) is 2.81. The number of nitrogens with one attached hydrogen (secondary N) is 2. The number of anilines is 2. The van der Waals surface area contributed by atoms with E-state index in [0.717, 1.165) is 5.69 Å². The van der Waals surface area contributed by atoms with Crippen molar-refractivity contribution in [2.24, 2.45) is 0 Å². The van der Waals surface area contributed by atoms with Crippen LogP contribution >= 0.6 is 23.2 Å². The Morgan fingerprint density at radius 3 is 2.73 bits per heavy atom. The SMILES string of the molecule is COCCNc1ccnc(C(=O)Nc2ccc(Cl)c(Cl)c2)c1. The van der Waals surface area contributed by atoms with Crippen LogP contribution < -0.4 is 10.6 Å². The van der Waals surface area contributed by atoms with E-state index in [2.05, 4.69) is 15.6 Å². The molecule has 5 nitrogen and oxygen atoms in total. The van der Waals surface area contributed by atoms with Crippen LogP contribution in [0.1, 0.15) is 10.5 Å². The molecule has 2 rings (SSSR count). The highest BCUT2D eigenvalue weighted by Gasteiger charge is 2.09. The number of halogens is 2. The molecule has 22 heavy (non-hydrogen) atoms. The van der Waals surface area contributed by atoms with Crippen LogP contribution in [0.15, 0.2) is 36.5 Å². The molecule has 1 heterocycles. The van der Waals surface area contributed by atoms with Gasteiger partial charge in [0.2, 0.25) is 0 Å². The number of hydrogen-bond donors (Lipinski definition) is 2. The van der Waals surface area contributed by atoms with E-state index < -0.39 is 0 Å². The Balaban J connectivity index is 2.05. The van der Waals surface area contributed by atoms with Crippen molar-refractivity contribution >= 4 is 40.5 Å². The monoisotopic (exact) mass is 339 g/mol. The summed E-state index contributed by atoms with van der Waals surface area (Å²) in [6.45, 7) is 1.22. The highest BCUT2D eigenvalue weighted by molar-refractivity contribution is 6.42. The normalized spacial score (nSPS) is 10.3. The Morgan fingerprint density at radius 2 is 2.00 bits per heavy atom. The zero-order valence-electron chi connectivity index (χ0n) is 11.9. The molecule has 1 aromatic heterocycles. The molecule has 0 aliphatic carbocycles. The standard InChI is InChI=1S/C15H15Cl2N3O2/c1-22-7-6-18-10-4-5-19-14(9-10)15(21)20-11-2-3-12(16)13(17)8-11/h2-5,8-9H,6-7H2,1H3,(H,18,19)(H,20,21). The average Bonchev–Trinajstić information content (AvgIpc) is 2.51. The molecule has 116 valence electrons. The smallest absolute Gasteiger partial charge is 0.274 e. The molecular weight excluding hydrogens is 325 g/mol. The number of benzene rings is 1. The molecule has 0 unspecified atom stereocenters. The minimum absolute atomic E-state index is 0.300. The minimum Gasteiger partial charge on any atom is -0.383 e. The average molecular weight is 340 g/mol. The van der Waals surface area contributed by atoms with Gasteiger partial charge >= 0.3 is 0 Å². The van der Waals surface area contributed by atoms with E-state index in [1.165, 1.54) is 0 Å². The molecule has 2 N–H and O–H groups in total. The first-order valence-corrected chi connectivity index (χ1v) is 7.31. The van der Waals surface area contributed by atoms with Crippen LogP contribution in [0.5, 0.6) is 0 Å². The lowest BCUT2D eigenvalue weighted by atomic mass is 10.2. The Kier molecular flexibility index (Phi) is 6.00. The van der Waals surface area contributed by atoms with Gasteiger partial charge in [-0.1, -0.05) is 23.2 Å². The number of nitrogens with zero attached hydrogens (tertiary/aromatic N) is 1. The molecule has 0 saturated heterocycles. The predicted octanol–water partition coefficient (Wildman–Crippen LogP) is 3.70. The van der Waals surface area contributed by atoms with Gasteiger partial charge in [-0.2, -0.15) is 0 Å². The number of pyridine rings is 1. The zero-order valence-corrected chi connectivity index (χ0v) is 13.4. The van der Waals surface area contributed by atoms with Crippen molar-refractivity contribution < 1.29 is 9.53 Å². The lowest BCUT2D eigenvalue weighted by Crippen LogP contribution is -2.14. The molecule has 1 amide bonds. The van der Waals surface area contributed by atoms with E-state index in [4.69, 9.17) is 27.9 Å². The highest BCUT2D eigenvalue weighted by atomic mass is 35.5. The summed E-state index contributed by atoms with van der Waals surface area (Å²) in [7, 11) is 1.63. The highest BCUT2D eigenvalue weighted by Crippen LogP contribution is 2.25. The quantitative estimate of drug-likeness (QED) is 0.787. The van der Waals surface area contributed by atoms with E-state index in [1.54, 1.807) is 43.6 Å². The third kappa shape index (κ3) is 4.59. The second kappa shape index (κ2) is 7.98. The van der Waals surface area contributed by atoms with Gasteiger partial charge in [-0.15, -0.1) is 0 Å². The zero-order chi connectivity index (χ0) is 15.9. The number of carbonyl (C=O) groups is 1. The van der Waals surface area contributed by atoms with E-state index in [-0.39, 0.29) is 5.91 Å². The second-order valence-corrected chi connectivity index (χ2v) is 5.25. The number of rotatable bonds is 6. The van der Waals surface area contributed by atoms with E-state index in [9.17, 15) is 4.79 Å². The van der Waals surface area contributed by atoms with Crippen molar-refractivity contribution in [3.05, 3.63) is 52.3 Å². The number of amides is 1. The van der Waals surface area contributed by atoms with Gasteiger partial charge in [-0.05, 0) is 30.3 Å². The van der Waals surface area contributed by atoms with Crippen LogP contribution in [0.4, 0.5) is 11.4 Å². The van der Waals surface area contributed by atoms with Gasteiger partial charge in [0.15, 0.2) is 0 Å². The van der Waals surface area contributed by atoms with Crippen LogP contribution in [-0.2, 0) is 4.74 Å². The largest absolute Gasteiger partial charge is 0.383 e. The summed E-state index contributed by atoms with van der Waals surface area (Å²) in [6.07, 6.45) is 1.57. The van der Waals surface area contributed by atoms with Gasteiger partial charge < -0.3 is 15.4 Å². The lowest BCUT2D eigenvalue weighted by molar-refractivity contribution is 0.102. The minimum atomic E-state index is -0.325. The fraction of sp³-hybridized carbons (Fsp3) is 0.200. The summed E-state index contributed by atoms with van der Waals surface area (Å²) in [5, 5.41) is 6.67. The van der Waals surface area contributed by atoms with Gasteiger partial charge in [-0.3, -0.25) is 9.78 Å². The van der Waals surface area contributed by atoms with Gasteiger partial charge in [0.05, 0.1) is 16.7 Å².